The third-order valence-corrected chi connectivity index (χ3v) is 1.88. The first-order chi connectivity index (χ1) is 5.79. The highest BCUT2D eigenvalue weighted by molar-refractivity contribution is 5.46. The molecule has 1 heterocycles. The number of amides is 1. The molecule has 4 heteroatoms. The Kier molecular flexibility index (Phi) is 2.85. The monoisotopic (exact) mass is 167 g/mol. The smallest absolute Gasteiger partial charge is 0.207 e. The van der Waals surface area contributed by atoms with Crippen LogP contribution in [0.4, 0.5) is 0 Å². The minimum atomic E-state index is 0.565. The highest BCUT2D eigenvalue weighted by Crippen LogP contribution is 2.05. The molecule has 0 unspecified atom stereocenters. The lowest BCUT2D eigenvalue weighted by Crippen LogP contribution is -2.10. The molecule has 0 bridgehead atoms. The van der Waals surface area contributed by atoms with Gasteiger partial charge in [-0.05, 0) is 13.8 Å². The van der Waals surface area contributed by atoms with Crippen LogP contribution in [0.3, 0.4) is 0 Å². The van der Waals surface area contributed by atoms with Gasteiger partial charge in [-0.15, -0.1) is 0 Å². The van der Waals surface area contributed by atoms with Crippen LogP contribution in [0, 0.1) is 6.92 Å². The van der Waals surface area contributed by atoms with E-state index >= 15 is 0 Å². The standard InChI is InChI=1S/C8H13N3O/c1-3-11-7(2)8(5-10-11)4-9-6-12/h5-6H,3-4H2,1-2H3,(H,9,12). The predicted molar refractivity (Wildman–Crippen MR) is 45.5 cm³/mol. The second-order valence-electron chi connectivity index (χ2n) is 2.57. The Balaban J connectivity index is 2.72. The quantitative estimate of drug-likeness (QED) is 0.662. The van der Waals surface area contributed by atoms with E-state index in [9.17, 15) is 4.79 Å². The van der Waals surface area contributed by atoms with E-state index in [0.717, 1.165) is 17.8 Å². The maximum absolute atomic E-state index is 10.0. The van der Waals surface area contributed by atoms with E-state index in [1.807, 2.05) is 18.5 Å². The minimum absolute atomic E-state index is 0.565. The Labute approximate surface area is 71.6 Å². The molecule has 0 saturated carbocycles. The number of nitrogens with one attached hydrogen (secondary N) is 1. The molecule has 1 amide bonds. The fourth-order valence-corrected chi connectivity index (χ4v) is 1.13. The Hall–Kier alpha value is -1.32. The Morgan fingerprint density at radius 1 is 1.75 bits per heavy atom. The van der Waals surface area contributed by atoms with Crippen LogP contribution >= 0.6 is 0 Å². The van der Waals surface area contributed by atoms with Crippen molar-refractivity contribution in [1.29, 1.82) is 0 Å². The van der Waals surface area contributed by atoms with Crippen LogP contribution in [0.25, 0.3) is 0 Å². The summed E-state index contributed by atoms with van der Waals surface area (Å²) in [7, 11) is 0. The maximum atomic E-state index is 10.0. The van der Waals surface area contributed by atoms with E-state index in [4.69, 9.17) is 0 Å². The minimum Gasteiger partial charge on any atom is -0.354 e. The highest BCUT2D eigenvalue weighted by Gasteiger charge is 2.02. The number of aryl methyl sites for hydroxylation is 1. The summed E-state index contributed by atoms with van der Waals surface area (Å²) in [5, 5.41) is 6.76. The largest absolute Gasteiger partial charge is 0.354 e. The van der Waals surface area contributed by atoms with Gasteiger partial charge in [-0.1, -0.05) is 0 Å². The van der Waals surface area contributed by atoms with E-state index < -0.39 is 0 Å². The number of rotatable bonds is 4. The fourth-order valence-electron chi connectivity index (χ4n) is 1.13. The van der Waals surface area contributed by atoms with Crippen molar-refractivity contribution >= 4 is 6.41 Å². The van der Waals surface area contributed by atoms with Gasteiger partial charge in [0.25, 0.3) is 0 Å². The molecule has 0 spiro atoms. The van der Waals surface area contributed by atoms with Crippen molar-refractivity contribution in [2.45, 2.75) is 26.9 Å². The number of hydrogen-bond acceptors (Lipinski definition) is 2. The van der Waals surface area contributed by atoms with Crippen molar-refractivity contribution in [2.75, 3.05) is 0 Å². The van der Waals surface area contributed by atoms with Crippen molar-refractivity contribution < 1.29 is 4.79 Å². The van der Waals surface area contributed by atoms with Crippen LogP contribution < -0.4 is 5.32 Å². The third kappa shape index (κ3) is 1.64. The first-order valence-electron chi connectivity index (χ1n) is 3.98. The fraction of sp³-hybridized carbons (Fsp3) is 0.500. The average Bonchev–Trinajstić information content (AvgIpc) is 2.43. The van der Waals surface area contributed by atoms with Crippen LogP contribution in [-0.4, -0.2) is 16.2 Å². The van der Waals surface area contributed by atoms with E-state index in [1.165, 1.54) is 0 Å². The topological polar surface area (TPSA) is 46.9 Å². The first kappa shape index (κ1) is 8.77. The molecule has 66 valence electrons. The van der Waals surface area contributed by atoms with Gasteiger partial charge in [0.1, 0.15) is 0 Å². The molecule has 0 radical (unpaired) electrons. The van der Waals surface area contributed by atoms with Gasteiger partial charge in [0.2, 0.25) is 6.41 Å². The Bertz CT molecular complexity index is 267. The van der Waals surface area contributed by atoms with Gasteiger partial charge in [-0.25, -0.2) is 0 Å². The summed E-state index contributed by atoms with van der Waals surface area (Å²) in [5.41, 5.74) is 2.19. The summed E-state index contributed by atoms with van der Waals surface area (Å²) < 4.78 is 1.90. The summed E-state index contributed by atoms with van der Waals surface area (Å²) in [6, 6.07) is 0. The highest BCUT2D eigenvalue weighted by atomic mass is 16.1. The molecule has 0 fully saturated rings. The summed E-state index contributed by atoms with van der Waals surface area (Å²) in [4.78, 5) is 10.0. The average molecular weight is 167 g/mol. The van der Waals surface area contributed by atoms with Gasteiger partial charge < -0.3 is 5.32 Å². The van der Waals surface area contributed by atoms with Crippen molar-refractivity contribution in [3.63, 3.8) is 0 Å². The lowest BCUT2D eigenvalue weighted by Gasteiger charge is -2.00. The zero-order chi connectivity index (χ0) is 8.97. The maximum Gasteiger partial charge on any atom is 0.207 e. The van der Waals surface area contributed by atoms with E-state index in [1.54, 1.807) is 6.20 Å². The normalized spacial score (nSPS) is 9.83. The second-order valence-corrected chi connectivity index (χ2v) is 2.57. The summed E-state index contributed by atoms with van der Waals surface area (Å²) in [6.45, 7) is 5.47. The van der Waals surface area contributed by atoms with Crippen molar-refractivity contribution in [1.82, 2.24) is 15.1 Å². The SMILES string of the molecule is CCn1ncc(CNC=O)c1C. The number of nitrogens with zero attached hydrogens (tertiary/aromatic N) is 2. The Morgan fingerprint density at radius 2 is 2.50 bits per heavy atom. The van der Waals surface area contributed by atoms with Gasteiger partial charge in [0.05, 0.1) is 6.20 Å². The van der Waals surface area contributed by atoms with Gasteiger partial charge in [-0.3, -0.25) is 9.48 Å². The predicted octanol–water partition coefficient (Wildman–Crippen LogP) is 0.457. The summed E-state index contributed by atoms with van der Waals surface area (Å²) in [6.07, 6.45) is 2.48. The number of aromatic nitrogens is 2. The van der Waals surface area contributed by atoms with Crippen molar-refractivity contribution in [2.24, 2.45) is 0 Å². The zero-order valence-corrected chi connectivity index (χ0v) is 7.37. The van der Waals surface area contributed by atoms with Crippen LogP contribution in [0.15, 0.2) is 6.20 Å². The molecule has 0 aliphatic heterocycles. The van der Waals surface area contributed by atoms with Gasteiger partial charge >= 0.3 is 0 Å². The molecule has 4 nitrogen and oxygen atoms in total. The van der Waals surface area contributed by atoms with Crippen LogP contribution in [-0.2, 0) is 17.9 Å². The molecule has 0 aliphatic rings. The van der Waals surface area contributed by atoms with Crippen LogP contribution in [0.2, 0.25) is 0 Å². The lowest BCUT2D eigenvalue weighted by molar-refractivity contribution is -0.109. The lowest BCUT2D eigenvalue weighted by atomic mass is 10.2. The molecular formula is C8H13N3O. The summed E-state index contributed by atoms with van der Waals surface area (Å²) in [5.74, 6) is 0. The molecule has 0 aliphatic carbocycles. The molecule has 0 saturated heterocycles. The molecular weight excluding hydrogens is 154 g/mol. The molecule has 0 atom stereocenters. The molecule has 12 heavy (non-hydrogen) atoms. The van der Waals surface area contributed by atoms with E-state index in [0.29, 0.717) is 13.0 Å². The number of carbonyl (C=O) groups is 1. The molecule has 1 N–H and O–H groups in total. The van der Waals surface area contributed by atoms with Crippen molar-refractivity contribution in [3.05, 3.63) is 17.5 Å². The molecule has 1 aromatic heterocycles. The summed E-state index contributed by atoms with van der Waals surface area (Å²) >= 11 is 0. The third-order valence-electron chi connectivity index (χ3n) is 1.88. The van der Waals surface area contributed by atoms with Gasteiger partial charge in [0, 0.05) is 24.3 Å². The second kappa shape index (κ2) is 3.90. The first-order valence-corrected chi connectivity index (χ1v) is 3.98. The molecule has 1 rings (SSSR count). The van der Waals surface area contributed by atoms with E-state index in [-0.39, 0.29) is 0 Å². The van der Waals surface area contributed by atoms with Crippen LogP contribution in [0.1, 0.15) is 18.2 Å². The van der Waals surface area contributed by atoms with E-state index in [2.05, 4.69) is 10.4 Å². The molecule has 1 aromatic rings. The van der Waals surface area contributed by atoms with Crippen molar-refractivity contribution in [3.8, 4) is 0 Å². The van der Waals surface area contributed by atoms with Gasteiger partial charge in [0.15, 0.2) is 0 Å². The zero-order valence-electron chi connectivity index (χ0n) is 7.37. The number of carbonyl (C=O) groups excluding carboxylic acids is 1. The number of hydrogen-bond donors (Lipinski definition) is 1. The molecule has 0 aromatic carbocycles. The van der Waals surface area contributed by atoms with Gasteiger partial charge in [-0.2, -0.15) is 5.10 Å². The Morgan fingerprint density at radius 3 is 3.00 bits per heavy atom. The van der Waals surface area contributed by atoms with Crippen LogP contribution in [0.5, 0.6) is 0 Å².